The summed E-state index contributed by atoms with van der Waals surface area (Å²) in [4.78, 5) is 7.82. The molecule has 0 saturated carbocycles. The lowest BCUT2D eigenvalue weighted by molar-refractivity contribution is 0.216. The lowest BCUT2D eigenvalue weighted by Gasteiger charge is -2.29. The smallest absolute Gasteiger partial charge is 0.189 e. The zero-order valence-electron chi connectivity index (χ0n) is 19.9. The maximum absolute atomic E-state index is 6.15. The second kappa shape index (κ2) is 17.0. The van der Waals surface area contributed by atoms with Crippen molar-refractivity contribution in [2.24, 2.45) is 0 Å². The van der Waals surface area contributed by atoms with Crippen LogP contribution in [0.15, 0.2) is 0 Å². The molecule has 1 atom stereocenters. The summed E-state index contributed by atoms with van der Waals surface area (Å²) in [5, 5.41) is 0. The van der Waals surface area contributed by atoms with E-state index in [0.717, 1.165) is 6.61 Å². The summed E-state index contributed by atoms with van der Waals surface area (Å²) >= 11 is 0. The summed E-state index contributed by atoms with van der Waals surface area (Å²) in [6.45, 7) is 27.8. The van der Waals surface area contributed by atoms with E-state index in [4.69, 9.17) is 4.43 Å². The van der Waals surface area contributed by atoms with Crippen molar-refractivity contribution in [3.05, 3.63) is 0 Å². The van der Waals surface area contributed by atoms with Gasteiger partial charge in [0.15, 0.2) is 8.32 Å². The third-order valence-electron chi connectivity index (χ3n) is 6.11. The van der Waals surface area contributed by atoms with Gasteiger partial charge in [-0.2, -0.15) is 0 Å². The summed E-state index contributed by atoms with van der Waals surface area (Å²) in [5.41, 5.74) is 0. The van der Waals surface area contributed by atoms with E-state index in [1.807, 2.05) is 0 Å². The lowest BCUT2D eigenvalue weighted by Crippen LogP contribution is -2.36. The molecule has 164 valence electrons. The lowest BCUT2D eigenvalue weighted by atomic mass is 10.2. The van der Waals surface area contributed by atoms with Crippen molar-refractivity contribution in [2.45, 2.75) is 79.4 Å². The van der Waals surface area contributed by atoms with Crippen LogP contribution >= 0.6 is 0 Å². The van der Waals surface area contributed by atoms with E-state index in [9.17, 15) is 0 Å². The predicted octanol–water partition coefficient (Wildman–Crippen LogP) is 4.77. The van der Waals surface area contributed by atoms with E-state index in [1.165, 1.54) is 90.3 Å². The fourth-order valence-electron chi connectivity index (χ4n) is 3.83. The quantitative estimate of drug-likeness (QED) is 0.290. The van der Waals surface area contributed by atoms with Crippen molar-refractivity contribution in [3.8, 4) is 0 Å². The normalized spacial score (nSPS) is 14.4. The Morgan fingerprint density at radius 2 is 1.00 bits per heavy atom. The summed E-state index contributed by atoms with van der Waals surface area (Å²) in [6.07, 6.45) is 3.88. The topological polar surface area (TPSA) is 19.0 Å². The number of hydrogen-bond acceptors (Lipinski definition) is 4. The SMILES string of the molecule is CCO[Si](C)(CC)CCCN(CCCN(CC)CC)CCCN(CC)CC. The first-order chi connectivity index (χ1) is 13.0. The number of hydrogen-bond donors (Lipinski definition) is 0. The van der Waals surface area contributed by atoms with Crippen LogP contribution in [0, 0.1) is 0 Å². The van der Waals surface area contributed by atoms with Crippen LogP contribution in [0.2, 0.25) is 18.6 Å². The van der Waals surface area contributed by atoms with Gasteiger partial charge < -0.3 is 19.1 Å². The van der Waals surface area contributed by atoms with Crippen molar-refractivity contribution in [1.29, 1.82) is 0 Å². The minimum atomic E-state index is -1.45. The van der Waals surface area contributed by atoms with Crippen LogP contribution in [0.5, 0.6) is 0 Å². The molecule has 0 saturated heterocycles. The van der Waals surface area contributed by atoms with Crippen molar-refractivity contribution in [3.63, 3.8) is 0 Å². The monoisotopic (exact) mass is 401 g/mol. The highest BCUT2D eigenvalue weighted by molar-refractivity contribution is 6.72. The molecule has 0 aromatic rings. The van der Waals surface area contributed by atoms with Crippen LogP contribution in [0.1, 0.15) is 60.8 Å². The van der Waals surface area contributed by atoms with Gasteiger partial charge in [0.1, 0.15) is 0 Å². The Labute approximate surface area is 172 Å². The molecule has 0 rings (SSSR count). The number of nitrogens with zero attached hydrogens (tertiary/aromatic N) is 3. The van der Waals surface area contributed by atoms with E-state index >= 15 is 0 Å². The van der Waals surface area contributed by atoms with Crippen molar-refractivity contribution < 1.29 is 4.43 Å². The van der Waals surface area contributed by atoms with Crippen molar-refractivity contribution >= 4 is 8.32 Å². The zero-order valence-corrected chi connectivity index (χ0v) is 20.9. The minimum Gasteiger partial charge on any atom is -0.417 e. The highest BCUT2D eigenvalue weighted by atomic mass is 28.4. The molecular weight excluding hydrogens is 350 g/mol. The number of rotatable bonds is 19. The first-order valence-electron chi connectivity index (χ1n) is 11.8. The molecule has 0 heterocycles. The van der Waals surface area contributed by atoms with Gasteiger partial charge in [-0.1, -0.05) is 34.6 Å². The van der Waals surface area contributed by atoms with Gasteiger partial charge >= 0.3 is 0 Å². The van der Waals surface area contributed by atoms with Crippen LogP contribution < -0.4 is 0 Å². The van der Waals surface area contributed by atoms with Gasteiger partial charge in [-0.25, -0.2) is 0 Å². The van der Waals surface area contributed by atoms with Gasteiger partial charge in [-0.15, -0.1) is 0 Å². The van der Waals surface area contributed by atoms with Gasteiger partial charge in [-0.3, -0.25) is 0 Å². The Hall–Kier alpha value is 0.0569. The highest BCUT2D eigenvalue weighted by Crippen LogP contribution is 2.19. The molecule has 0 radical (unpaired) electrons. The summed E-state index contributed by atoms with van der Waals surface area (Å²) in [7, 11) is -1.45. The van der Waals surface area contributed by atoms with Gasteiger partial charge in [-0.05, 0) is 104 Å². The molecule has 0 aliphatic rings. The predicted molar refractivity (Wildman–Crippen MR) is 124 cm³/mol. The zero-order chi connectivity index (χ0) is 20.5. The summed E-state index contributed by atoms with van der Waals surface area (Å²) in [6, 6.07) is 2.55. The highest BCUT2D eigenvalue weighted by Gasteiger charge is 2.25. The molecule has 1 unspecified atom stereocenters. The molecule has 27 heavy (non-hydrogen) atoms. The fraction of sp³-hybridized carbons (Fsp3) is 1.00. The maximum Gasteiger partial charge on any atom is 0.189 e. The van der Waals surface area contributed by atoms with Crippen LogP contribution in [0.25, 0.3) is 0 Å². The van der Waals surface area contributed by atoms with Crippen LogP contribution in [-0.4, -0.2) is 88.5 Å². The van der Waals surface area contributed by atoms with Crippen molar-refractivity contribution in [2.75, 3.05) is 65.5 Å². The molecule has 0 aliphatic heterocycles. The molecular formula is C22H51N3OSi. The standard InChI is InChI=1S/C22H51N3OSi/c1-8-23(9-2)17-14-19-25(20-15-18-24(10-3)11-4)21-16-22-27(7,13-6)26-12-5/h8-22H2,1-7H3. The minimum absolute atomic E-state index is 0.883. The average Bonchev–Trinajstić information content (AvgIpc) is 2.68. The van der Waals surface area contributed by atoms with E-state index in [2.05, 4.69) is 62.8 Å². The van der Waals surface area contributed by atoms with Crippen LogP contribution in [0.3, 0.4) is 0 Å². The van der Waals surface area contributed by atoms with Crippen LogP contribution in [0.4, 0.5) is 0 Å². The molecule has 5 heteroatoms. The molecule has 0 fully saturated rings. The molecule has 0 N–H and O–H groups in total. The molecule has 0 aromatic carbocycles. The summed E-state index contributed by atoms with van der Waals surface area (Å²) in [5.74, 6) is 0. The molecule has 0 aromatic heterocycles. The van der Waals surface area contributed by atoms with Gasteiger partial charge in [0, 0.05) is 6.61 Å². The maximum atomic E-state index is 6.15. The van der Waals surface area contributed by atoms with Gasteiger partial charge in [0.25, 0.3) is 0 Å². The third-order valence-corrected chi connectivity index (χ3v) is 10.00. The molecule has 0 aliphatic carbocycles. The Bertz CT molecular complexity index is 307. The fourth-order valence-corrected chi connectivity index (χ4v) is 6.13. The first kappa shape index (κ1) is 27.1. The Kier molecular flexibility index (Phi) is 17.0. The van der Waals surface area contributed by atoms with Crippen LogP contribution in [-0.2, 0) is 4.43 Å². The molecule has 0 bridgehead atoms. The summed E-state index contributed by atoms with van der Waals surface area (Å²) < 4.78 is 6.15. The average molecular weight is 402 g/mol. The van der Waals surface area contributed by atoms with E-state index < -0.39 is 8.32 Å². The Balaban J connectivity index is 4.44. The second-order valence-corrected chi connectivity index (χ2v) is 12.3. The van der Waals surface area contributed by atoms with E-state index in [-0.39, 0.29) is 0 Å². The third kappa shape index (κ3) is 13.0. The largest absolute Gasteiger partial charge is 0.417 e. The molecule has 0 spiro atoms. The molecule has 4 nitrogen and oxygen atoms in total. The van der Waals surface area contributed by atoms with E-state index in [1.54, 1.807) is 0 Å². The van der Waals surface area contributed by atoms with Gasteiger partial charge in [0.05, 0.1) is 0 Å². The first-order valence-corrected chi connectivity index (χ1v) is 14.6. The van der Waals surface area contributed by atoms with Crippen molar-refractivity contribution in [1.82, 2.24) is 14.7 Å². The molecule has 0 amide bonds. The Morgan fingerprint density at radius 1 is 0.593 bits per heavy atom. The second-order valence-electron chi connectivity index (χ2n) is 7.94. The van der Waals surface area contributed by atoms with Gasteiger partial charge in [0.2, 0.25) is 0 Å². The Morgan fingerprint density at radius 3 is 1.37 bits per heavy atom. The van der Waals surface area contributed by atoms with E-state index in [0.29, 0.717) is 0 Å².